The summed E-state index contributed by atoms with van der Waals surface area (Å²) < 4.78 is 38.1. The summed E-state index contributed by atoms with van der Waals surface area (Å²) in [5, 5.41) is 0. The van der Waals surface area contributed by atoms with E-state index in [1.54, 1.807) is 0 Å². The molecule has 62 valence electrons. The Balaban J connectivity index is 2.49. The van der Waals surface area contributed by atoms with Crippen LogP contribution >= 0.6 is 0 Å². The lowest BCUT2D eigenvalue weighted by Crippen LogP contribution is -2.14. The van der Waals surface area contributed by atoms with Gasteiger partial charge in [0.1, 0.15) is 5.76 Å². The van der Waals surface area contributed by atoms with Gasteiger partial charge in [0.2, 0.25) is 0 Å². The Morgan fingerprint density at radius 2 is 2.18 bits per heavy atom. The van der Waals surface area contributed by atoms with E-state index in [-0.39, 0.29) is 5.76 Å². The molecule has 0 radical (unpaired) electrons. The highest BCUT2D eigenvalue weighted by Crippen LogP contribution is 2.20. The van der Waals surface area contributed by atoms with Gasteiger partial charge in [-0.2, -0.15) is 0 Å². The lowest BCUT2D eigenvalue weighted by atomic mass is 10.3. The molecule has 1 heterocycles. The second kappa shape index (κ2) is 2.94. The van der Waals surface area contributed by atoms with E-state index in [0.29, 0.717) is 13.0 Å². The first-order chi connectivity index (χ1) is 5.08. The first-order valence-corrected chi connectivity index (χ1v) is 3.04. The van der Waals surface area contributed by atoms with Crippen molar-refractivity contribution in [3.63, 3.8) is 0 Å². The fourth-order valence-corrected chi connectivity index (χ4v) is 0.690. The molecule has 0 atom stereocenters. The third-order valence-electron chi connectivity index (χ3n) is 1.06. The Bertz CT molecular complexity index is 194. The molecule has 11 heavy (non-hydrogen) atoms. The molecule has 5 heteroatoms. The van der Waals surface area contributed by atoms with Crippen molar-refractivity contribution < 1.29 is 17.9 Å². The molecule has 0 aromatic rings. The molecule has 0 aromatic heterocycles. The standard InChI is InChI=1S/C6H6F3NO/c7-6(8,9)11-5-2-1-3-10-4-5/h2,4H,1,3H2. The molecule has 0 fully saturated rings. The minimum atomic E-state index is -4.60. The Hall–Kier alpha value is -1.00. The SMILES string of the molecule is FC(F)(F)OC1=CCCN=C1. The van der Waals surface area contributed by atoms with Crippen LogP contribution in [0.2, 0.25) is 0 Å². The third-order valence-corrected chi connectivity index (χ3v) is 1.06. The molecule has 1 aliphatic heterocycles. The van der Waals surface area contributed by atoms with Gasteiger partial charge in [0.05, 0.1) is 6.21 Å². The molecule has 2 nitrogen and oxygen atoms in total. The van der Waals surface area contributed by atoms with Gasteiger partial charge in [-0.15, -0.1) is 13.2 Å². The number of rotatable bonds is 1. The zero-order chi connectivity index (χ0) is 8.32. The number of nitrogens with zero attached hydrogens (tertiary/aromatic N) is 1. The van der Waals surface area contributed by atoms with Crippen LogP contribution < -0.4 is 0 Å². The van der Waals surface area contributed by atoms with E-state index in [2.05, 4.69) is 9.73 Å². The molecule has 0 unspecified atom stereocenters. The van der Waals surface area contributed by atoms with Crippen molar-refractivity contribution in [3.05, 3.63) is 11.8 Å². The summed E-state index contributed by atoms with van der Waals surface area (Å²) in [5.41, 5.74) is 0. The highest BCUT2D eigenvalue weighted by Gasteiger charge is 2.31. The van der Waals surface area contributed by atoms with Crippen LogP contribution in [-0.4, -0.2) is 19.1 Å². The minimum absolute atomic E-state index is 0.219. The van der Waals surface area contributed by atoms with Crippen LogP contribution in [0.1, 0.15) is 6.42 Å². The highest BCUT2D eigenvalue weighted by molar-refractivity contribution is 5.76. The van der Waals surface area contributed by atoms with Crippen LogP contribution in [0.15, 0.2) is 16.8 Å². The molecule has 0 spiro atoms. The lowest BCUT2D eigenvalue weighted by Gasteiger charge is -2.10. The predicted molar refractivity (Wildman–Crippen MR) is 33.2 cm³/mol. The average Bonchev–Trinajstić information content (AvgIpc) is 1.85. The first kappa shape index (κ1) is 8.10. The number of ether oxygens (including phenoxy) is 1. The van der Waals surface area contributed by atoms with Gasteiger partial charge in [0.25, 0.3) is 0 Å². The van der Waals surface area contributed by atoms with Gasteiger partial charge >= 0.3 is 6.36 Å². The zero-order valence-corrected chi connectivity index (χ0v) is 5.56. The zero-order valence-electron chi connectivity index (χ0n) is 5.56. The maximum absolute atomic E-state index is 11.5. The first-order valence-electron chi connectivity index (χ1n) is 3.04. The van der Waals surface area contributed by atoms with Crippen LogP contribution in [-0.2, 0) is 4.74 Å². The summed E-state index contributed by atoms with van der Waals surface area (Å²) in [6, 6.07) is 0. The van der Waals surface area contributed by atoms with Gasteiger partial charge in [0.15, 0.2) is 0 Å². The maximum atomic E-state index is 11.5. The Kier molecular flexibility index (Phi) is 2.16. The normalized spacial score (nSPS) is 17.9. The van der Waals surface area contributed by atoms with Crippen LogP contribution in [0.3, 0.4) is 0 Å². The van der Waals surface area contributed by atoms with Crippen LogP contribution in [0.4, 0.5) is 13.2 Å². The van der Waals surface area contributed by atoms with E-state index >= 15 is 0 Å². The van der Waals surface area contributed by atoms with Gasteiger partial charge < -0.3 is 4.74 Å². The van der Waals surface area contributed by atoms with E-state index in [4.69, 9.17) is 0 Å². The van der Waals surface area contributed by atoms with Crippen LogP contribution in [0.5, 0.6) is 0 Å². The second-order valence-electron chi connectivity index (χ2n) is 1.98. The molecular weight excluding hydrogens is 159 g/mol. The van der Waals surface area contributed by atoms with Crippen molar-refractivity contribution in [1.29, 1.82) is 0 Å². The molecule has 1 rings (SSSR count). The Morgan fingerprint density at radius 3 is 2.64 bits per heavy atom. The Morgan fingerprint density at radius 1 is 1.45 bits per heavy atom. The molecule has 0 N–H and O–H groups in total. The van der Waals surface area contributed by atoms with Gasteiger partial charge in [-0.25, -0.2) is 0 Å². The molecule has 0 saturated carbocycles. The minimum Gasteiger partial charge on any atom is -0.405 e. The topological polar surface area (TPSA) is 21.6 Å². The quantitative estimate of drug-likeness (QED) is 0.581. The van der Waals surface area contributed by atoms with Gasteiger partial charge in [-0.1, -0.05) is 0 Å². The van der Waals surface area contributed by atoms with Crippen molar-refractivity contribution in [2.75, 3.05) is 6.54 Å². The number of allylic oxidation sites excluding steroid dienone is 1. The van der Waals surface area contributed by atoms with Crippen molar-refractivity contribution >= 4 is 6.21 Å². The summed E-state index contributed by atoms with van der Waals surface area (Å²) in [4.78, 5) is 3.62. The van der Waals surface area contributed by atoms with Crippen molar-refractivity contribution in [1.82, 2.24) is 0 Å². The highest BCUT2D eigenvalue weighted by atomic mass is 19.4. The smallest absolute Gasteiger partial charge is 0.405 e. The maximum Gasteiger partial charge on any atom is 0.573 e. The van der Waals surface area contributed by atoms with E-state index < -0.39 is 6.36 Å². The largest absolute Gasteiger partial charge is 0.573 e. The fraction of sp³-hybridized carbons (Fsp3) is 0.500. The van der Waals surface area contributed by atoms with E-state index in [1.165, 1.54) is 6.08 Å². The lowest BCUT2D eigenvalue weighted by molar-refractivity contribution is -0.301. The van der Waals surface area contributed by atoms with Crippen LogP contribution in [0, 0.1) is 0 Å². The molecular formula is C6H6F3NO. The summed E-state index contributed by atoms with van der Waals surface area (Å²) >= 11 is 0. The molecule has 0 amide bonds. The van der Waals surface area contributed by atoms with Crippen molar-refractivity contribution in [2.45, 2.75) is 12.8 Å². The molecule has 1 aliphatic rings. The number of hydrogen-bond donors (Lipinski definition) is 0. The van der Waals surface area contributed by atoms with Crippen molar-refractivity contribution in [2.24, 2.45) is 4.99 Å². The fourth-order valence-electron chi connectivity index (χ4n) is 0.690. The summed E-state index contributed by atoms with van der Waals surface area (Å²) in [6.45, 7) is 0.532. The van der Waals surface area contributed by atoms with E-state index in [0.717, 1.165) is 6.21 Å². The summed E-state index contributed by atoms with van der Waals surface area (Å²) in [7, 11) is 0. The van der Waals surface area contributed by atoms with E-state index in [1.807, 2.05) is 0 Å². The molecule has 0 aromatic carbocycles. The summed E-state index contributed by atoms with van der Waals surface area (Å²) in [6.07, 6.45) is -1.66. The van der Waals surface area contributed by atoms with E-state index in [9.17, 15) is 13.2 Å². The predicted octanol–water partition coefficient (Wildman–Crippen LogP) is 1.88. The Labute approximate surface area is 61.4 Å². The monoisotopic (exact) mass is 165 g/mol. The van der Waals surface area contributed by atoms with Crippen LogP contribution in [0.25, 0.3) is 0 Å². The number of dihydropyridines is 1. The van der Waals surface area contributed by atoms with Crippen molar-refractivity contribution in [3.8, 4) is 0 Å². The van der Waals surface area contributed by atoms with Gasteiger partial charge in [-0.3, -0.25) is 4.99 Å². The molecule has 0 aliphatic carbocycles. The third kappa shape index (κ3) is 3.06. The molecule has 0 bridgehead atoms. The second-order valence-corrected chi connectivity index (χ2v) is 1.98. The molecule has 0 saturated heterocycles. The number of hydrogen-bond acceptors (Lipinski definition) is 2. The summed E-state index contributed by atoms with van der Waals surface area (Å²) in [5.74, 6) is -0.219. The average molecular weight is 165 g/mol. The number of halogens is 3. The van der Waals surface area contributed by atoms with Gasteiger partial charge in [0, 0.05) is 6.54 Å². The van der Waals surface area contributed by atoms with Gasteiger partial charge in [-0.05, 0) is 12.5 Å². The number of alkyl halides is 3. The number of aliphatic imine (C=N–C) groups is 1.